The van der Waals surface area contributed by atoms with Gasteiger partial charge in [-0.2, -0.15) is 0 Å². The second kappa shape index (κ2) is 22.1. The van der Waals surface area contributed by atoms with Crippen LogP contribution in [-0.2, 0) is 35.2 Å². The van der Waals surface area contributed by atoms with Crippen LogP contribution in [0.15, 0.2) is 109 Å². The summed E-state index contributed by atoms with van der Waals surface area (Å²) in [5.41, 5.74) is 9.92. The molecule has 0 fully saturated rings. The molecule has 4 aromatic rings. The number of carbonyl (C=O) groups is 7. The van der Waals surface area contributed by atoms with Crippen LogP contribution in [-0.4, -0.2) is 75.5 Å². The largest absolute Gasteiger partial charge is 0.507 e. The Kier molecular flexibility index (Phi) is 16.4. The fraction of sp³-hybridized carbons (Fsp3) is 0.340. The SMILES string of the molecule is C[C@@H]1CC(=O)[C@@H](N(C)C(=O)[C@H](CCCCN)CC(=O)c2ccc(-c3ccc(Cl)cc3)cc2)c2ccc(O)c(c2)-c2cc(ccc2O)C[C@@H](C(=O)C[C@@H](C)C(=O)C(=O)CC2=CC=CC2)NC1=O. The maximum atomic E-state index is 14.7. The lowest BCUT2D eigenvalue weighted by molar-refractivity contribution is -0.142. The molecule has 0 radical (unpaired) electrons. The van der Waals surface area contributed by atoms with Gasteiger partial charge >= 0.3 is 0 Å². The normalized spacial score (nSPS) is 18.1. The highest BCUT2D eigenvalue weighted by molar-refractivity contribution is 6.38. The van der Waals surface area contributed by atoms with E-state index in [2.05, 4.69) is 5.32 Å². The number of phenols is 2. The van der Waals surface area contributed by atoms with Crippen molar-refractivity contribution in [3.63, 3.8) is 0 Å². The molecule has 0 unspecified atom stereocenters. The van der Waals surface area contributed by atoms with Crippen molar-refractivity contribution in [2.75, 3.05) is 13.6 Å². The van der Waals surface area contributed by atoms with Crippen LogP contribution in [0.4, 0.5) is 0 Å². The van der Waals surface area contributed by atoms with E-state index in [0.717, 1.165) is 16.7 Å². The van der Waals surface area contributed by atoms with Gasteiger partial charge in [-0.15, -0.1) is 0 Å². The van der Waals surface area contributed by atoms with Crippen molar-refractivity contribution in [3.05, 3.63) is 130 Å². The van der Waals surface area contributed by atoms with Gasteiger partial charge in [-0.05, 0) is 90.9 Å². The molecule has 13 heteroatoms. The van der Waals surface area contributed by atoms with Crippen LogP contribution in [0.1, 0.15) is 92.7 Å². The molecule has 2 aliphatic rings. The number of rotatable bonds is 17. The topological polar surface area (TPSA) is 201 Å². The summed E-state index contributed by atoms with van der Waals surface area (Å²) in [7, 11) is 1.47. The number of ketones is 5. The number of benzene rings is 4. The quantitative estimate of drug-likeness (QED) is 0.0454. The molecule has 6 rings (SSSR count). The molecular formula is C53H56ClN3O9. The number of likely N-dealkylation sites (N-methyl/N-ethyl adjacent to an activating group) is 1. The van der Waals surface area contributed by atoms with Crippen LogP contribution in [0, 0.1) is 17.8 Å². The summed E-state index contributed by atoms with van der Waals surface area (Å²) < 4.78 is 0. The summed E-state index contributed by atoms with van der Waals surface area (Å²) in [6, 6.07) is 20.8. The van der Waals surface area contributed by atoms with Crippen LogP contribution in [0.2, 0.25) is 5.02 Å². The van der Waals surface area contributed by atoms with E-state index in [1.54, 1.807) is 42.5 Å². The van der Waals surface area contributed by atoms with Crippen LogP contribution in [0.25, 0.3) is 22.3 Å². The number of aromatic hydroxyl groups is 2. The maximum Gasteiger partial charge on any atom is 0.226 e. The monoisotopic (exact) mass is 913 g/mol. The Balaban J connectivity index is 1.28. The highest BCUT2D eigenvalue weighted by Gasteiger charge is 2.36. The van der Waals surface area contributed by atoms with Crippen molar-refractivity contribution in [2.45, 2.75) is 83.7 Å². The zero-order valence-electron chi connectivity index (χ0n) is 37.4. The van der Waals surface area contributed by atoms with Crippen molar-refractivity contribution in [1.82, 2.24) is 10.2 Å². The average molecular weight is 914 g/mol. The van der Waals surface area contributed by atoms with Crippen molar-refractivity contribution >= 4 is 52.3 Å². The smallest absolute Gasteiger partial charge is 0.226 e. The van der Waals surface area contributed by atoms with Crippen molar-refractivity contribution in [3.8, 4) is 33.8 Å². The van der Waals surface area contributed by atoms with Crippen molar-refractivity contribution < 1.29 is 43.8 Å². The summed E-state index contributed by atoms with van der Waals surface area (Å²) in [6.45, 7) is 3.41. The zero-order chi connectivity index (χ0) is 47.7. The first-order valence-electron chi connectivity index (χ1n) is 22.3. The lowest BCUT2D eigenvalue weighted by Crippen LogP contribution is -2.46. The summed E-state index contributed by atoms with van der Waals surface area (Å²) in [6.07, 6.45) is 6.52. The molecule has 0 saturated heterocycles. The Morgan fingerprint density at radius 1 is 0.848 bits per heavy atom. The highest BCUT2D eigenvalue weighted by atomic mass is 35.5. The van der Waals surface area contributed by atoms with E-state index in [1.165, 1.54) is 50.1 Å². The number of hydrogen-bond acceptors (Lipinski definition) is 10. The number of carbonyl (C=O) groups excluding carboxylic acids is 7. The molecule has 1 aliphatic carbocycles. The minimum absolute atomic E-state index is 0.0455. The molecule has 5 atom stereocenters. The van der Waals surface area contributed by atoms with E-state index in [0.29, 0.717) is 53.9 Å². The zero-order valence-corrected chi connectivity index (χ0v) is 38.2. The van der Waals surface area contributed by atoms with Crippen molar-refractivity contribution in [1.29, 1.82) is 0 Å². The number of phenolic OH excluding ortho intramolecular Hbond substituents is 2. The summed E-state index contributed by atoms with van der Waals surface area (Å²) >= 11 is 6.06. The Morgan fingerprint density at radius 2 is 1.50 bits per heavy atom. The number of amides is 2. The lowest BCUT2D eigenvalue weighted by atomic mass is 9.87. The molecule has 344 valence electrons. The Hall–Kier alpha value is -6.50. The molecule has 4 aromatic carbocycles. The molecule has 0 saturated carbocycles. The number of hydrogen-bond donors (Lipinski definition) is 4. The highest BCUT2D eigenvalue weighted by Crippen LogP contribution is 2.40. The average Bonchev–Trinajstić information content (AvgIpc) is 3.82. The standard InChI is InChI=1S/C53H56ClN3O9/c1-31(51(64)49(63)28-33-8-4-5-9-33)24-47(61)43-27-34-11-21-44(58)41(26-34)42-29-38(18-22-45(42)59)50(48(62)25-32(2)52(65)56-43)57(3)53(66)39(10-6-7-23-55)30-46(60)37-14-12-35(13-15-37)36-16-19-40(54)20-17-36/h4-5,8,11-22,26,29,31-32,39,43,50,58-59H,6-7,9-10,23-25,27-28,30,55H2,1-3H3,(H,56,65)/t31-,32-,39-,43+,50+/m1/s1. The number of unbranched alkanes of at least 4 members (excludes halogenated alkanes) is 1. The van der Waals surface area contributed by atoms with Gasteiger partial charge in [-0.3, -0.25) is 33.6 Å². The summed E-state index contributed by atoms with van der Waals surface area (Å²) in [5.74, 6) is -7.00. The van der Waals surface area contributed by atoms with Gasteiger partial charge in [0.1, 0.15) is 17.5 Å². The Morgan fingerprint density at radius 3 is 2.15 bits per heavy atom. The number of halogens is 1. The van der Waals surface area contributed by atoms with Crippen LogP contribution < -0.4 is 11.1 Å². The molecule has 66 heavy (non-hydrogen) atoms. The van der Waals surface area contributed by atoms with Gasteiger partial charge in [0.05, 0.1) is 6.04 Å². The number of nitrogens with zero attached hydrogens (tertiary/aromatic N) is 1. The maximum absolute atomic E-state index is 14.7. The van der Waals surface area contributed by atoms with Gasteiger partial charge in [0.25, 0.3) is 0 Å². The molecule has 0 spiro atoms. The number of nitrogens with one attached hydrogen (secondary N) is 1. The third-order valence-corrected chi connectivity index (χ3v) is 12.7. The summed E-state index contributed by atoms with van der Waals surface area (Å²) in [4.78, 5) is 98.4. The number of Topliss-reactive ketones (excluding diaryl/α,β-unsaturated/α-hetero) is 5. The van der Waals surface area contributed by atoms with Gasteiger partial charge in [0.2, 0.25) is 23.4 Å². The van der Waals surface area contributed by atoms with E-state index < -0.39 is 64.8 Å². The van der Waals surface area contributed by atoms with E-state index >= 15 is 0 Å². The molecule has 5 N–H and O–H groups in total. The van der Waals surface area contributed by atoms with Gasteiger partial charge in [0, 0.05) is 72.2 Å². The fourth-order valence-electron chi connectivity index (χ4n) is 8.62. The molecule has 1 heterocycles. The van der Waals surface area contributed by atoms with Gasteiger partial charge in [-0.1, -0.05) is 104 Å². The predicted molar refractivity (Wildman–Crippen MR) is 253 cm³/mol. The van der Waals surface area contributed by atoms with Gasteiger partial charge in [-0.25, -0.2) is 0 Å². The fourth-order valence-corrected chi connectivity index (χ4v) is 8.74. The molecule has 12 nitrogen and oxygen atoms in total. The van der Waals surface area contributed by atoms with Crippen LogP contribution in [0.3, 0.4) is 0 Å². The second-order valence-corrected chi connectivity index (χ2v) is 17.9. The van der Waals surface area contributed by atoms with Crippen molar-refractivity contribution in [2.24, 2.45) is 23.5 Å². The lowest BCUT2D eigenvalue weighted by Gasteiger charge is -2.32. The van der Waals surface area contributed by atoms with E-state index in [4.69, 9.17) is 17.3 Å². The molecule has 1 aliphatic heterocycles. The van der Waals surface area contributed by atoms with Gasteiger partial charge in [0.15, 0.2) is 17.3 Å². The van der Waals surface area contributed by atoms with E-state index in [9.17, 15) is 43.8 Å². The van der Waals surface area contributed by atoms with Crippen LogP contribution >= 0.6 is 11.6 Å². The van der Waals surface area contributed by atoms with Gasteiger partial charge < -0.3 is 26.2 Å². The second-order valence-electron chi connectivity index (χ2n) is 17.5. The van der Waals surface area contributed by atoms with E-state index in [1.807, 2.05) is 36.4 Å². The molecule has 0 aromatic heterocycles. The first-order chi connectivity index (χ1) is 31.5. The molecule has 2 amide bonds. The summed E-state index contributed by atoms with van der Waals surface area (Å²) in [5, 5.41) is 25.8. The first-order valence-corrected chi connectivity index (χ1v) is 22.7. The number of nitrogens with two attached hydrogens (primary N) is 1. The Bertz CT molecular complexity index is 2570. The third kappa shape index (κ3) is 12.0. The molecule has 4 bridgehead atoms. The Labute approximate surface area is 389 Å². The number of fused-ring (bicyclic) bond motifs is 5. The molecular weight excluding hydrogens is 858 g/mol. The minimum atomic E-state index is -1.30. The first kappa shape index (κ1) is 48.9. The number of allylic oxidation sites excluding steroid dienone is 4. The third-order valence-electron chi connectivity index (χ3n) is 12.5. The minimum Gasteiger partial charge on any atom is -0.507 e. The van der Waals surface area contributed by atoms with Crippen LogP contribution in [0.5, 0.6) is 11.5 Å². The van der Waals surface area contributed by atoms with E-state index in [-0.39, 0.29) is 60.5 Å². The predicted octanol–water partition coefficient (Wildman–Crippen LogP) is 8.25.